The molecule has 0 heterocycles. The molecule has 0 rings (SSSR count). The summed E-state index contributed by atoms with van der Waals surface area (Å²) in [5, 5.41) is 0. The zero-order chi connectivity index (χ0) is 2.71. The quantitative estimate of drug-likeness (QED) is 0.377. The fraction of sp³-hybridized carbons (Fsp3) is 0. The molecule has 0 aromatic carbocycles. The van der Waals surface area contributed by atoms with Crippen molar-refractivity contribution >= 4 is 0 Å². The summed E-state index contributed by atoms with van der Waals surface area (Å²) in [6.45, 7) is 0. The minimum atomic E-state index is -2.15. The van der Waals surface area contributed by atoms with Gasteiger partial charge in [0.2, 0.25) is 0 Å². The SMILES string of the molecule is F.[H-].[K+].[O]=[Nb]=[O]. The molecule has 0 aliphatic carbocycles. The molecule has 0 N–H and O–H groups in total. The van der Waals surface area contributed by atoms with Gasteiger partial charge in [0.25, 0.3) is 0 Å². The molecule has 0 aromatic rings. The molecule has 0 aliphatic rings. The number of hydrogen-bond acceptors (Lipinski definition) is 2. The Balaban J connectivity index is -0.00000000667. The maximum absolute atomic E-state index is 8.52. The van der Waals surface area contributed by atoms with Gasteiger partial charge in [0.05, 0.1) is 0 Å². The van der Waals surface area contributed by atoms with E-state index in [0.29, 0.717) is 0 Å². The van der Waals surface area contributed by atoms with Crippen molar-refractivity contribution in [3.05, 3.63) is 0 Å². The van der Waals surface area contributed by atoms with E-state index in [-0.39, 0.29) is 57.5 Å². The van der Waals surface area contributed by atoms with E-state index < -0.39 is 19.7 Å². The summed E-state index contributed by atoms with van der Waals surface area (Å²) in [5.41, 5.74) is 0. The van der Waals surface area contributed by atoms with Gasteiger partial charge in [0, 0.05) is 0 Å². The van der Waals surface area contributed by atoms with E-state index in [9.17, 15) is 0 Å². The normalized spacial score (nSPS) is 1.60. The molecule has 0 bridgehead atoms. The van der Waals surface area contributed by atoms with Crippen LogP contribution in [0.1, 0.15) is 1.43 Å². The Bertz CT molecular complexity index is 34.5. The third kappa shape index (κ3) is 24.8. The van der Waals surface area contributed by atoms with Crippen LogP contribution in [0.15, 0.2) is 0 Å². The van der Waals surface area contributed by atoms with Crippen LogP contribution in [0, 0.1) is 0 Å². The molecule has 0 fully saturated rings. The number of rotatable bonds is 0. The molecule has 0 unspecified atom stereocenters. The van der Waals surface area contributed by atoms with E-state index in [2.05, 4.69) is 0 Å². The Labute approximate surface area is 82.0 Å². The van der Waals surface area contributed by atoms with Crippen molar-refractivity contribution < 1.29 is 83.7 Å². The summed E-state index contributed by atoms with van der Waals surface area (Å²) in [6, 6.07) is 0. The molecule has 27 valence electrons. The van der Waals surface area contributed by atoms with Gasteiger partial charge >= 0.3 is 77.6 Å². The first-order valence-electron chi connectivity index (χ1n) is 0.365. The van der Waals surface area contributed by atoms with E-state index in [1.54, 1.807) is 0 Å². The zero-order valence-electron chi connectivity index (χ0n) is 3.67. The first-order chi connectivity index (χ1) is 1.41. The van der Waals surface area contributed by atoms with E-state index in [0.717, 1.165) is 0 Å². The second-order valence-electron chi connectivity index (χ2n) is 0.0745. The van der Waals surface area contributed by atoms with Crippen molar-refractivity contribution in [3.8, 4) is 0 Å². The van der Waals surface area contributed by atoms with Crippen molar-refractivity contribution in [1.82, 2.24) is 0 Å². The van der Waals surface area contributed by atoms with Crippen LogP contribution in [0.3, 0.4) is 0 Å². The van der Waals surface area contributed by atoms with Crippen LogP contribution in [0.25, 0.3) is 0 Å². The van der Waals surface area contributed by atoms with Gasteiger partial charge in [-0.3, -0.25) is 4.70 Å². The Hall–Kier alpha value is 1.91. The molecule has 0 aromatic heterocycles. The fourth-order valence-corrected chi connectivity index (χ4v) is 0. The van der Waals surface area contributed by atoms with Gasteiger partial charge in [-0.15, -0.1) is 0 Å². The monoisotopic (exact) mass is 185 g/mol. The van der Waals surface area contributed by atoms with Crippen LogP contribution < -0.4 is 51.4 Å². The van der Waals surface area contributed by atoms with Gasteiger partial charge < -0.3 is 1.43 Å². The fourth-order valence-electron chi connectivity index (χ4n) is 0. The summed E-state index contributed by atoms with van der Waals surface area (Å²) in [4.78, 5) is 0. The molecule has 5 heavy (non-hydrogen) atoms. The van der Waals surface area contributed by atoms with E-state index in [1.807, 2.05) is 0 Å². The average molecular weight is 185 g/mol. The van der Waals surface area contributed by atoms with Crippen LogP contribution in [0.2, 0.25) is 0 Å². The molecule has 0 saturated carbocycles. The van der Waals surface area contributed by atoms with Crippen molar-refractivity contribution in [2.45, 2.75) is 0 Å². The molecule has 0 atom stereocenters. The van der Waals surface area contributed by atoms with Gasteiger partial charge in [-0.05, 0) is 0 Å². The van der Waals surface area contributed by atoms with Gasteiger partial charge in [-0.25, -0.2) is 0 Å². The molecule has 0 saturated heterocycles. The standard InChI is InChI=1S/FH.K.Nb.2O.H/h1H;;;;;/q;+1;;;;-1. The second kappa shape index (κ2) is 16.8. The van der Waals surface area contributed by atoms with Gasteiger partial charge in [0.15, 0.2) is 0 Å². The summed E-state index contributed by atoms with van der Waals surface area (Å²) < 4.78 is 17.0. The van der Waals surface area contributed by atoms with Crippen LogP contribution in [0.4, 0.5) is 4.70 Å². The molecular weight excluding hydrogens is 183 g/mol. The van der Waals surface area contributed by atoms with Gasteiger partial charge in [-0.2, -0.15) is 0 Å². The Kier molecular flexibility index (Phi) is 53.1. The third-order valence-electron chi connectivity index (χ3n) is 0. The zero-order valence-corrected chi connectivity index (χ0v) is 7.99. The van der Waals surface area contributed by atoms with Crippen LogP contribution in [-0.2, 0) is 26.2 Å². The van der Waals surface area contributed by atoms with Crippen LogP contribution >= 0.6 is 0 Å². The number of halogens is 1. The molecule has 0 spiro atoms. The van der Waals surface area contributed by atoms with Crippen molar-refractivity contribution in [2.24, 2.45) is 0 Å². The van der Waals surface area contributed by atoms with Crippen LogP contribution in [-0.4, -0.2) is 0 Å². The topological polar surface area (TPSA) is 34.1 Å². The molecular formula is H2FKNbO2. The maximum atomic E-state index is 8.52. The Morgan fingerprint density at radius 2 is 1.40 bits per heavy atom. The summed E-state index contributed by atoms with van der Waals surface area (Å²) in [6.07, 6.45) is 0. The summed E-state index contributed by atoms with van der Waals surface area (Å²) in [5.74, 6) is 0. The molecule has 0 amide bonds. The predicted octanol–water partition coefficient (Wildman–Crippen LogP) is -2.97. The van der Waals surface area contributed by atoms with Crippen molar-refractivity contribution in [3.63, 3.8) is 0 Å². The molecule has 2 nitrogen and oxygen atoms in total. The first kappa shape index (κ1) is 15.8. The summed E-state index contributed by atoms with van der Waals surface area (Å²) in [7, 11) is 0. The van der Waals surface area contributed by atoms with E-state index in [4.69, 9.17) is 6.50 Å². The van der Waals surface area contributed by atoms with E-state index in [1.165, 1.54) is 0 Å². The molecule has 0 radical (unpaired) electrons. The van der Waals surface area contributed by atoms with E-state index >= 15 is 0 Å². The molecule has 0 aliphatic heterocycles. The Morgan fingerprint density at radius 1 is 1.40 bits per heavy atom. The minimum absolute atomic E-state index is 0. The van der Waals surface area contributed by atoms with Crippen molar-refractivity contribution in [2.75, 3.05) is 0 Å². The summed E-state index contributed by atoms with van der Waals surface area (Å²) >= 11 is -2.15. The molecule has 5 heteroatoms. The van der Waals surface area contributed by atoms with Crippen molar-refractivity contribution in [1.29, 1.82) is 0 Å². The predicted molar refractivity (Wildman–Crippen MR) is 4.99 cm³/mol. The second-order valence-corrected chi connectivity index (χ2v) is 0.441. The van der Waals surface area contributed by atoms with Gasteiger partial charge in [0.1, 0.15) is 0 Å². The average Bonchev–Trinajstić information content (AvgIpc) is 0.918. The number of hydrogen-bond donors (Lipinski definition) is 0. The van der Waals surface area contributed by atoms with Gasteiger partial charge in [-0.1, -0.05) is 0 Å². The first-order valence-corrected chi connectivity index (χ1v) is 2.16. The Morgan fingerprint density at radius 3 is 1.40 bits per heavy atom. The van der Waals surface area contributed by atoms with Crippen LogP contribution in [0.5, 0.6) is 0 Å². The third-order valence-corrected chi connectivity index (χ3v) is 0.